The second-order valence-corrected chi connectivity index (χ2v) is 8.26. The number of aliphatic hydroxyl groups excluding tert-OH is 1. The molecule has 0 amide bonds. The van der Waals surface area contributed by atoms with Gasteiger partial charge in [0.1, 0.15) is 5.82 Å². The minimum Gasteiger partial charge on any atom is -0.462 e. The van der Waals surface area contributed by atoms with Crippen molar-refractivity contribution in [2.24, 2.45) is 17.7 Å². The standard InChI is InChI=1S/C21H26N8O5/c1-3-6-28-15-17(25-20(22)26-18(15)31)29(21(28)33)13-7-12(16(30)10(13)2)9-34-19(32)11-4-5-14(27-23)24-8-11/h3-5,8,10,12-13,16,30H,1,6-7,9,23H2,2H3,(H,24,27)(H3,22,25,26,31)/t10-,12+,13+,16-/m0/s1. The summed E-state index contributed by atoms with van der Waals surface area (Å²) in [6.07, 6.45) is 2.30. The summed E-state index contributed by atoms with van der Waals surface area (Å²) in [5.41, 5.74) is 7.56. The molecule has 3 aromatic rings. The van der Waals surface area contributed by atoms with Gasteiger partial charge in [0, 0.05) is 30.6 Å². The molecule has 34 heavy (non-hydrogen) atoms. The molecule has 0 bridgehead atoms. The van der Waals surface area contributed by atoms with Crippen molar-refractivity contribution in [3.8, 4) is 0 Å². The fourth-order valence-electron chi connectivity index (χ4n) is 4.49. The van der Waals surface area contributed by atoms with Crippen molar-refractivity contribution < 1.29 is 14.6 Å². The van der Waals surface area contributed by atoms with Crippen LogP contribution in [0.2, 0.25) is 0 Å². The van der Waals surface area contributed by atoms with Crippen LogP contribution in [-0.4, -0.2) is 47.9 Å². The van der Waals surface area contributed by atoms with Crippen LogP contribution in [0.1, 0.15) is 29.7 Å². The highest BCUT2D eigenvalue weighted by atomic mass is 16.5. The monoisotopic (exact) mass is 470 g/mol. The van der Waals surface area contributed by atoms with Gasteiger partial charge in [-0.25, -0.2) is 20.4 Å². The van der Waals surface area contributed by atoms with E-state index in [-0.39, 0.29) is 41.7 Å². The lowest BCUT2D eigenvalue weighted by molar-refractivity contribution is 0.0238. The molecular weight excluding hydrogens is 444 g/mol. The van der Waals surface area contributed by atoms with Gasteiger partial charge in [0.05, 0.1) is 18.3 Å². The summed E-state index contributed by atoms with van der Waals surface area (Å²) in [5, 5.41) is 10.8. The number of aliphatic hydroxyl groups is 1. The number of aromatic nitrogens is 5. The Bertz CT molecular complexity index is 1340. The molecule has 3 aromatic heterocycles. The number of allylic oxidation sites excluding steroid dienone is 1. The highest BCUT2D eigenvalue weighted by molar-refractivity contribution is 5.89. The van der Waals surface area contributed by atoms with Crippen LogP contribution in [0.4, 0.5) is 11.8 Å². The number of carbonyl (C=O) groups is 1. The van der Waals surface area contributed by atoms with Crippen molar-refractivity contribution in [3.63, 3.8) is 0 Å². The van der Waals surface area contributed by atoms with E-state index in [1.165, 1.54) is 33.5 Å². The first-order valence-electron chi connectivity index (χ1n) is 10.7. The van der Waals surface area contributed by atoms with Crippen molar-refractivity contribution in [3.05, 3.63) is 57.4 Å². The number of rotatable bonds is 7. The molecule has 0 radical (unpaired) electrons. The number of esters is 1. The van der Waals surface area contributed by atoms with Crippen molar-refractivity contribution >= 4 is 28.9 Å². The zero-order valence-corrected chi connectivity index (χ0v) is 18.5. The number of hydrogen-bond acceptors (Lipinski definition) is 10. The Labute approximate surface area is 193 Å². The molecule has 3 heterocycles. The molecule has 7 N–H and O–H groups in total. The second-order valence-electron chi connectivity index (χ2n) is 8.26. The number of nitrogens with two attached hydrogens (primary N) is 2. The van der Waals surface area contributed by atoms with E-state index in [0.717, 1.165) is 0 Å². The van der Waals surface area contributed by atoms with E-state index in [1.807, 2.05) is 0 Å². The minimum absolute atomic E-state index is 0.0616. The molecule has 13 heteroatoms. The van der Waals surface area contributed by atoms with Gasteiger partial charge in [-0.05, 0) is 18.6 Å². The minimum atomic E-state index is -0.858. The maximum atomic E-state index is 13.2. The third-order valence-corrected chi connectivity index (χ3v) is 6.22. The molecule has 0 saturated heterocycles. The molecule has 1 aliphatic carbocycles. The average Bonchev–Trinajstić information content (AvgIpc) is 3.25. The lowest BCUT2D eigenvalue weighted by Gasteiger charge is -2.19. The largest absolute Gasteiger partial charge is 0.462 e. The molecule has 0 unspecified atom stereocenters. The van der Waals surface area contributed by atoms with Gasteiger partial charge in [0.15, 0.2) is 11.2 Å². The van der Waals surface area contributed by atoms with Gasteiger partial charge in [-0.3, -0.25) is 18.9 Å². The maximum absolute atomic E-state index is 13.2. The van der Waals surface area contributed by atoms with E-state index in [4.69, 9.17) is 16.3 Å². The van der Waals surface area contributed by atoms with Crippen LogP contribution in [0.15, 0.2) is 40.6 Å². The number of pyridine rings is 1. The quantitative estimate of drug-likeness (QED) is 0.133. The summed E-state index contributed by atoms with van der Waals surface area (Å²) in [7, 11) is 0. The zero-order chi connectivity index (χ0) is 24.6. The van der Waals surface area contributed by atoms with Crippen LogP contribution >= 0.6 is 0 Å². The van der Waals surface area contributed by atoms with E-state index in [0.29, 0.717) is 12.2 Å². The molecule has 0 aromatic carbocycles. The number of nitrogens with zero attached hydrogens (tertiary/aromatic N) is 4. The number of anilines is 2. The van der Waals surface area contributed by atoms with E-state index in [2.05, 4.69) is 27.0 Å². The first-order valence-corrected chi connectivity index (χ1v) is 10.7. The van der Waals surface area contributed by atoms with E-state index in [9.17, 15) is 19.5 Å². The van der Waals surface area contributed by atoms with Gasteiger partial charge in [-0.1, -0.05) is 13.0 Å². The molecule has 0 aliphatic heterocycles. The van der Waals surface area contributed by atoms with Gasteiger partial charge >= 0.3 is 11.7 Å². The zero-order valence-electron chi connectivity index (χ0n) is 18.5. The first-order chi connectivity index (χ1) is 16.3. The van der Waals surface area contributed by atoms with Gasteiger partial charge < -0.3 is 21.0 Å². The van der Waals surface area contributed by atoms with Crippen LogP contribution in [0.5, 0.6) is 0 Å². The summed E-state index contributed by atoms with van der Waals surface area (Å²) in [4.78, 5) is 48.8. The Morgan fingerprint density at radius 2 is 2.21 bits per heavy atom. The van der Waals surface area contributed by atoms with E-state index in [1.54, 1.807) is 6.92 Å². The van der Waals surface area contributed by atoms with Crippen LogP contribution in [-0.2, 0) is 11.3 Å². The van der Waals surface area contributed by atoms with Gasteiger partial charge in [-0.2, -0.15) is 4.98 Å². The van der Waals surface area contributed by atoms with Crippen LogP contribution in [0.3, 0.4) is 0 Å². The topological polar surface area (TPSA) is 196 Å². The molecule has 13 nitrogen and oxygen atoms in total. The highest BCUT2D eigenvalue weighted by Crippen LogP contribution is 2.40. The molecule has 1 aliphatic rings. The average molecular weight is 470 g/mol. The number of fused-ring (bicyclic) bond motifs is 1. The van der Waals surface area contributed by atoms with Crippen molar-refractivity contribution in [1.82, 2.24) is 24.1 Å². The van der Waals surface area contributed by atoms with Crippen LogP contribution in [0, 0.1) is 11.8 Å². The lowest BCUT2D eigenvalue weighted by Crippen LogP contribution is -2.30. The molecule has 1 saturated carbocycles. The SMILES string of the molecule is C=CCn1c(=O)n([C@@H]2C[C@H](COC(=O)c3ccc(NN)nc3)[C@@H](O)[C@H]2C)c2nc(N)[nH]c(=O)c21. The van der Waals surface area contributed by atoms with Crippen LogP contribution in [0.25, 0.3) is 11.2 Å². The van der Waals surface area contributed by atoms with E-state index < -0.39 is 35.3 Å². The van der Waals surface area contributed by atoms with Gasteiger partial charge in [0.2, 0.25) is 5.95 Å². The van der Waals surface area contributed by atoms with Crippen molar-refractivity contribution in [1.29, 1.82) is 0 Å². The number of carbonyl (C=O) groups excluding carboxylic acids is 1. The normalized spacial score (nSPS) is 22.1. The predicted molar refractivity (Wildman–Crippen MR) is 124 cm³/mol. The number of hydrogen-bond donors (Lipinski definition) is 5. The number of aromatic amines is 1. The smallest absolute Gasteiger partial charge is 0.339 e. The Hall–Kier alpha value is -3.97. The Kier molecular flexibility index (Phi) is 6.22. The molecule has 4 atom stereocenters. The number of hydrazine groups is 1. The lowest BCUT2D eigenvalue weighted by atomic mass is 10.0. The fourth-order valence-corrected chi connectivity index (χ4v) is 4.49. The highest BCUT2D eigenvalue weighted by Gasteiger charge is 2.43. The predicted octanol–water partition coefficient (Wildman–Crippen LogP) is -0.250. The molecule has 0 spiro atoms. The number of imidazole rings is 1. The van der Waals surface area contributed by atoms with Gasteiger partial charge in [0.25, 0.3) is 5.56 Å². The fraction of sp³-hybridized carbons (Fsp3) is 0.381. The summed E-state index contributed by atoms with van der Waals surface area (Å²) in [6.45, 7) is 5.48. The number of nitrogens with one attached hydrogen (secondary N) is 2. The van der Waals surface area contributed by atoms with Crippen molar-refractivity contribution in [2.45, 2.75) is 32.0 Å². The number of nitrogen functional groups attached to an aromatic ring is 2. The molecule has 1 fully saturated rings. The number of ether oxygens (including phenoxy) is 1. The summed E-state index contributed by atoms with van der Waals surface area (Å²) >= 11 is 0. The van der Waals surface area contributed by atoms with E-state index >= 15 is 0 Å². The number of H-pyrrole nitrogens is 1. The second kappa shape index (κ2) is 9.11. The molecular formula is C21H26N8O5. The van der Waals surface area contributed by atoms with Crippen LogP contribution < -0.4 is 28.3 Å². The maximum Gasteiger partial charge on any atom is 0.339 e. The molecule has 180 valence electrons. The summed E-state index contributed by atoms with van der Waals surface area (Å²) < 4.78 is 8.06. The third-order valence-electron chi connectivity index (χ3n) is 6.22. The molecule has 4 rings (SSSR count). The Balaban J connectivity index is 1.60. The summed E-state index contributed by atoms with van der Waals surface area (Å²) in [6, 6.07) is 2.55. The first kappa shape index (κ1) is 23.2. The Morgan fingerprint density at radius 3 is 2.85 bits per heavy atom. The van der Waals surface area contributed by atoms with Crippen molar-refractivity contribution in [2.75, 3.05) is 17.8 Å². The summed E-state index contributed by atoms with van der Waals surface area (Å²) in [5.74, 6) is 4.12. The Morgan fingerprint density at radius 1 is 1.44 bits per heavy atom. The van der Waals surface area contributed by atoms with Gasteiger partial charge in [-0.15, -0.1) is 6.58 Å². The third kappa shape index (κ3) is 3.95.